The summed E-state index contributed by atoms with van der Waals surface area (Å²) in [5.74, 6) is -1.14. The molecule has 1 heterocycles. The lowest BCUT2D eigenvalue weighted by Crippen LogP contribution is -2.64. The minimum atomic E-state index is -1.47. The van der Waals surface area contributed by atoms with Gasteiger partial charge in [-0.25, -0.2) is 4.79 Å². The van der Waals surface area contributed by atoms with E-state index in [2.05, 4.69) is 5.32 Å². The predicted molar refractivity (Wildman–Crippen MR) is 32.7 cm³/mol. The molecule has 1 rings (SSSR count). The molecule has 0 saturated carbocycles. The third kappa shape index (κ3) is 1.32. The molecule has 0 bridgehead atoms. The maximum Gasteiger partial charge on any atom is 0.338 e. The highest BCUT2D eigenvalue weighted by Gasteiger charge is 2.42. The van der Waals surface area contributed by atoms with Crippen LogP contribution in [0.1, 0.15) is 0 Å². The third-order valence-corrected chi connectivity index (χ3v) is 1.23. The molecule has 0 aromatic heterocycles. The van der Waals surface area contributed by atoms with Crippen LogP contribution in [0.15, 0.2) is 0 Å². The zero-order valence-electron chi connectivity index (χ0n) is 4.63. The molecular formula is C4H8ClNO3. The highest BCUT2D eigenvalue weighted by Crippen LogP contribution is 2.08. The van der Waals surface area contributed by atoms with Gasteiger partial charge in [-0.05, 0) is 0 Å². The Hall–Kier alpha value is -0.320. The van der Waals surface area contributed by atoms with Crippen molar-refractivity contribution in [3.63, 3.8) is 0 Å². The Kier molecular flexibility index (Phi) is 2.42. The van der Waals surface area contributed by atoms with Crippen LogP contribution in [0.5, 0.6) is 0 Å². The minimum absolute atomic E-state index is 0. The fourth-order valence-corrected chi connectivity index (χ4v) is 0.513. The average Bonchev–Trinajstić information content (AvgIpc) is 1.60. The van der Waals surface area contributed by atoms with E-state index < -0.39 is 11.6 Å². The SMILES string of the molecule is Cl.O=C(O)C1(O)CNC1. The van der Waals surface area contributed by atoms with Crippen LogP contribution in [-0.2, 0) is 4.79 Å². The first kappa shape index (κ1) is 8.68. The van der Waals surface area contributed by atoms with Crippen molar-refractivity contribution in [1.29, 1.82) is 0 Å². The van der Waals surface area contributed by atoms with Gasteiger partial charge in [-0.15, -0.1) is 12.4 Å². The lowest BCUT2D eigenvalue weighted by molar-refractivity contribution is -0.163. The number of nitrogens with one attached hydrogen (secondary N) is 1. The number of hydrogen-bond donors (Lipinski definition) is 3. The zero-order valence-corrected chi connectivity index (χ0v) is 5.44. The van der Waals surface area contributed by atoms with E-state index >= 15 is 0 Å². The number of rotatable bonds is 1. The van der Waals surface area contributed by atoms with Crippen LogP contribution in [0.2, 0.25) is 0 Å². The second-order valence-electron chi connectivity index (χ2n) is 1.94. The largest absolute Gasteiger partial charge is 0.479 e. The Balaban J connectivity index is 0.000000640. The number of hydrogen-bond acceptors (Lipinski definition) is 3. The quantitative estimate of drug-likeness (QED) is 0.444. The first-order valence-electron chi connectivity index (χ1n) is 2.32. The number of aliphatic carboxylic acids is 1. The summed E-state index contributed by atoms with van der Waals surface area (Å²) in [4.78, 5) is 10.0. The van der Waals surface area contributed by atoms with E-state index in [1.165, 1.54) is 0 Å². The summed E-state index contributed by atoms with van der Waals surface area (Å²) in [5, 5.41) is 19.7. The van der Waals surface area contributed by atoms with Gasteiger partial charge in [-0.3, -0.25) is 0 Å². The standard InChI is InChI=1S/C4H7NO3.ClH/c6-3(7)4(8)1-5-2-4;/h5,8H,1-2H2,(H,6,7);1H. The molecule has 0 spiro atoms. The Morgan fingerprint density at radius 2 is 2.00 bits per heavy atom. The number of aliphatic hydroxyl groups is 1. The zero-order chi connectivity index (χ0) is 6.20. The predicted octanol–water partition coefficient (Wildman–Crippen LogP) is -1.17. The van der Waals surface area contributed by atoms with Gasteiger partial charge in [0, 0.05) is 13.1 Å². The Bertz CT molecular complexity index is 123. The number of carbonyl (C=O) groups is 1. The summed E-state index contributed by atoms with van der Waals surface area (Å²) >= 11 is 0. The molecule has 0 aliphatic carbocycles. The third-order valence-electron chi connectivity index (χ3n) is 1.23. The molecule has 0 amide bonds. The maximum atomic E-state index is 10.0. The van der Waals surface area contributed by atoms with Crippen molar-refractivity contribution < 1.29 is 15.0 Å². The molecule has 1 aliphatic heterocycles. The minimum Gasteiger partial charge on any atom is -0.479 e. The van der Waals surface area contributed by atoms with Gasteiger partial charge in [0.25, 0.3) is 0 Å². The number of β-amino-alcohol motifs (C(OH)–C–C–N with tert-alkyl or cyclic N) is 1. The van der Waals surface area contributed by atoms with Crippen LogP contribution < -0.4 is 5.32 Å². The lowest BCUT2D eigenvalue weighted by Gasteiger charge is -2.32. The first-order chi connectivity index (χ1) is 3.65. The Morgan fingerprint density at radius 3 is 2.00 bits per heavy atom. The van der Waals surface area contributed by atoms with E-state index in [-0.39, 0.29) is 25.5 Å². The van der Waals surface area contributed by atoms with E-state index in [4.69, 9.17) is 10.2 Å². The Labute approximate surface area is 58.3 Å². The second-order valence-corrected chi connectivity index (χ2v) is 1.94. The van der Waals surface area contributed by atoms with Crippen molar-refractivity contribution in [2.75, 3.05) is 13.1 Å². The molecule has 0 aromatic rings. The number of halogens is 1. The van der Waals surface area contributed by atoms with Crippen LogP contribution in [0.3, 0.4) is 0 Å². The van der Waals surface area contributed by atoms with Gasteiger partial charge in [-0.1, -0.05) is 0 Å². The maximum absolute atomic E-state index is 10.0. The number of carboxylic acid groups (broad SMARTS) is 1. The highest BCUT2D eigenvalue weighted by atomic mass is 35.5. The van der Waals surface area contributed by atoms with Crippen LogP contribution in [0, 0.1) is 0 Å². The molecule has 0 unspecified atom stereocenters. The van der Waals surface area contributed by atoms with Crippen LogP contribution in [0.4, 0.5) is 0 Å². The fourth-order valence-electron chi connectivity index (χ4n) is 0.513. The molecule has 54 valence electrons. The topological polar surface area (TPSA) is 69.6 Å². The molecule has 3 N–H and O–H groups in total. The summed E-state index contributed by atoms with van der Waals surface area (Å²) < 4.78 is 0. The van der Waals surface area contributed by atoms with Crippen molar-refractivity contribution in [2.24, 2.45) is 0 Å². The van der Waals surface area contributed by atoms with Crippen molar-refractivity contribution in [3.8, 4) is 0 Å². The molecule has 5 heteroatoms. The van der Waals surface area contributed by atoms with Crippen molar-refractivity contribution >= 4 is 18.4 Å². The van der Waals surface area contributed by atoms with Crippen molar-refractivity contribution in [3.05, 3.63) is 0 Å². The summed E-state index contributed by atoms with van der Waals surface area (Å²) in [5.41, 5.74) is -1.47. The van der Waals surface area contributed by atoms with Gasteiger partial charge in [0.2, 0.25) is 0 Å². The van der Waals surface area contributed by atoms with Gasteiger partial charge in [0.1, 0.15) is 0 Å². The molecule has 1 aliphatic rings. The summed E-state index contributed by atoms with van der Waals surface area (Å²) in [7, 11) is 0. The van der Waals surface area contributed by atoms with Crippen molar-refractivity contribution in [1.82, 2.24) is 5.32 Å². The van der Waals surface area contributed by atoms with Crippen LogP contribution in [0.25, 0.3) is 0 Å². The molecule has 4 nitrogen and oxygen atoms in total. The van der Waals surface area contributed by atoms with Gasteiger partial charge in [-0.2, -0.15) is 0 Å². The lowest BCUT2D eigenvalue weighted by atomic mass is 9.98. The molecule has 1 saturated heterocycles. The number of carboxylic acids is 1. The monoisotopic (exact) mass is 153 g/mol. The van der Waals surface area contributed by atoms with E-state index in [0.29, 0.717) is 0 Å². The Morgan fingerprint density at radius 1 is 1.56 bits per heavy atom. The fraction of sp³-hybridized carbons (Fsp3) is 0.750. The molecular weight excluding hydrogens is 146 g/mol. The van der Waals surface area contributed by atoms with Gasteiger partial charge in [0.05, 0.1) is 0 Å². The normalized spacial score (nSPS) is 21.4. The van der Waals surface area contributed by atoms with E-state index in [9.17, 15) is 4.79 Å². The second kappa shape index (κ2) is 2.51. The smallest absolute Gasteiger partial charge is 0.338 e. The summed E-state index contributed by atoms with van der Waals surface area (Å²) in [6, 6.07) is 0. The van der Waals surface area contributed by atoms with Gasteiger partial charge >= 0.3 is 5.97 Å². The van der Waals surface area contributed by atoms with Gasteiger partial charge in [0.15, 0.2) is 5.60 Å². The van der Waals surface area contributed by atoms with E-state index in [1.54, 1.807) is 0 Å². The van der Waals surface area contributed by atoms with Crippen molar-refractivity contribution in [2.45, 2.75) is 5.60 Å². The van der Waals surface area contributed by atoms with E-state index in [0.717, 1.165) is 0 Å². The van der Waals surface area contributed by atoms with Crippen LogP contribution in [-0.4, -0.2) is 34.9 Å². The molecule has 0 atom stereocenters. The highest BCUT2D eigenvalue weighted by molar-refractivity contribution is 5.85. The molecule has 0 radical (unpaired) electrons. The molecule has 1 fully saturated rings. The summed E-state index contributed by atoms with van der Waals surface area (Å²) in [6.07, 6.45) is 0. The van der Waals surface area contributed by atoms with E-state index in [1.807, 2.05) is 0 Å². The first-order valence-corrected chi connectivity index (χ1v) is 2.32. The molecule has 9 heavy (non-hydrogen) atoms. The average molecular weight is 154 g/mol. The van der Waals surface area contributed by atoms with Crippen LogP contribution >= 0.6 is 12.4 Å². The van der Waals surface area contributed by atoms with Gasteiger partial charge < -0.3 is 15.5 Å². The molecule has 0 aromatic carbocycles. The summed E-state index contributed by atoms with van der Waals surface area (Å²) in [6.45, 7) is 0.338.